The predicted octanol–water partition coefficient (Wildman–Crippen LogP) is 4.83. The zero-order chi connectivity index (χ0) is 20.4. The average molecular weight is 386 g/mol. The Hall–Kier alpha value is -4.00. The number of nitro groups is 1. The van der Waals surface area contributed by atoms with Crippen molar-refractivity contribution in [1.82, 2.24) is 14.8 Å². The molecule has 0 unspecified atom stereocenters. The third-order valence-corrected chi connectivity index (χ3v) is 4.64. The lowest BCUT2D eigenvalue weighted by molar-refractivity contribution is -0.384. The summed E-state index contributed by atoms with van der Waals surface area (Å²) in [6.07, 6.45) is 0. The monoisotopic (exact) mass is 386 g/mol. The molecule has 0 N–H and O–H groups in total. The molecule has 1 aromatic heterocycles. The van der Waals surface area contributed by atoms with Gasteiger partial charge in [-0.3, -0.25) is 14.7 Å². The van der Waals surface area contributed by atoms with Crippen molar-refractivity contribution < 1.29 is 9.66 Å². The fraction of sp³-hybridized carbons (Fsp3) is 0.0909. The van der Waals surface area contributed by atoms with Crippen molar-refractivity contribution in [2.45, 2.75) is 6.92 Å². The standard InChI is InChI=1S/C22H18N4O3/c1-15-3-5-16(6-4-15)21-23-24-22(17-7-9-19(10-8-17)26(27)28)25(21)18-11-13-20(29-2)14-12-18/h3-14H,1-2H3. The highest BCUT2D eigenvalue weighted by atomic mass is 16.6. The van der Waals surface area contributed by atoms with Crippen molar-refractivity contribution in [2.75, 3.05) is 7.11 Å². The van der Waals surface area contributed by atoms with Crippen LogP contribution in [0, 0.1) is 17.0 Å². The van der Waals surface area contributed by atoms with Crippen LogP contribution in [0.4, 0.5) is 5.69 Å². The highest BCUT2D eigenvalue weighted by Gasteiger charge is 2.18. The number of benzene rings is 3. The van der Waals surface area contributed by atoms with E-state index in [0.29, 0.717) is 11.6 Å². The minimum atomic E-state index is -0.421. The molecule has 0 radical (unpaired) electrons. The molecule has 0 spiro atoms. The number of aryl methyl sites for hydroxylation is 1. The van der Waals surface area contributed by atoms with Crippen LogP contribution in [-0.2, 0) is 0 Å². The molecule has 0 fully saturated rings. The molecule has 7 nitrogen and oxygen atoms in total. The van der Waals surface area contributed by atoms with Gasteiger partial charge in [-0.05, 0) is 43.3 Å². The van der Waals surface area contributed by atoms with E-state index in [-0.39, 0.29) is 5.69 Å². The van der Waals surface area contributed by atoms with Crippen LogP contribution in [0.5, 0.6) is 5.75 Å². The Bertz CT molecular complexity index is 1150. The molecule has 0 saturated heterocycles. The Morgan fingerprint density at radius 2 is 1.34 bits per heavy atom. The molecule has 4 aromatic rings. The molecule has 3 aromatic carbocycles. The Labute approximate surface area is 167 Å². The molecule has 0 bridgehead atoms. The molecule has 144 valence electrons. The Kier molecular flexibility index (Phi) is 4.78. The number of nitrogens with zero attached hydrogens (tertiary/aromatic N) is 4. The van der Waals surface area contributed by atoms with E-state index in [4.69, 9.17) is 4.74 Å². The molecule has 1 heterocycles. The van der Waals surface area contributed by atoms with E-state index >= 15 is 0 Å². The summed E-state index contributed by atoms with van der Waals surface area (Å²) in [6.45, 7) is 2.03. The van der Waals surface area contributed by atoms with Crippen LogP contribution in [0.25, 0.3) is 28.5 Å². The van der Waals surface area contributed by atoms with E-state index in [9.17, 15) is 10.1 Å². The van der Waals surface area contributed by atoms with E-state index in [2.05, 4.69) is 10.2 Å². The predicted molar refractivity (Wildman–Crippen MR) is 110 cm³/mol. The highest BCUT2D eigenvalue weighted by Crippen LogP contribution is 2.30. The van der Waals surface area contributed by atoms with Crippen molar-refractivity contribution in [1.29, 1.82) is 0 Å². The molecule has 29 heavy (non-hydrogen) atoms. The van der Waals surface area contributed by atoms with Crippen LogP contribution in [0.2, 0.25) is 0 Å². The van der Waals surface area contributed by atoms with E-state index in [1.807, 2.05) is 60.0 Å². The van der Waals surface area contributed by atoms with Crippen molar-refractivity contribution in [3.63, 3.8) is 0 Å². The summed E-state index contributed by atoms with van der Waals surface area (Å²) in [7, 11) is 1.62. The summed E-state index contributed by atoms with van der Waals surface area (Å²) < 4.78 is 7.20. The maximum atomic E-state index is 11.0. The Morgan fingerprint density at radius 1 is 0.828 bits per heavy atom. The molecular formula is C22H18N4O3. The van der Waals surface area contributed by atoms with Gasteiger partial charge in [0.15, 0.2) is 11.6 Å². The molecular weight excluding hydrogens is 368 g/mol. The van der Waals surface area contributed by atoms with Gasteiger partial charge in [-0.15, -0.1) is 10.2 Å². The molecule has 0 aliphatic heterocycles. The lowest BCUT2D eigenvalue weighted by Gasteiger charge is -2.12. The van der Waals surface area contributed by atoms with Gasteiger partial charge >= 0.3 is 0 Å². The highest BCUT2D eigenvalue weighted by molar-refractivity contribution is 5.67. The summed E-state index contributed by atoms with van der Waals surface area (Å²) in [6, 6.07) is 21.9. The number of aromatic nitrogens is 3. The molecule has 4 rings (SSSR count). The largest absolute Gasteiger partial charge is 0.497 e. The summed E-state index contributed by atoms with van der Waals surface area (Å²) in [5, 5.41) is 19.8. The smallest absolute Gasteiger partial charge is 0.269 e. The lowest BCUT2D eigenvalue weighted by atomic mass is 10.1. The van der Waals surface area contributed by atoms with Gasteiger partial charge in [0.25, 0.3) is 5.69 Å². The second kappa shape index (κ2) is 7.55. The van der Waals surface area contributed by atoms with Crippen molar-refractivity contribution in [2.24, 2.45) is 0 Å². The maximum Gasteiger partial charge on any atom is 0.269 e. The Morgan fingerprint density at radius 3 is 1.83 bits per heavy atom. The zero-order valence-corrected chi connectivity index (χ0v) is 15.9. The topological polar surface area (TPSA) is 83.1 Å². The molecule has 0 aliphatic rings. The first-order chi connectivity index (χ1) is 14.1. The van der Waals surface area contributed by atoms with Gasteiger partial charge in [0.2, 0.25) is 0 Å². The SMILES string of the molecule is COc1ccc(-n2c(-c3ccc(C)cc3)nnc2-c2ccc([N+](=O)[O-])cc2)cc1. The van der Waals surface area contributed by atoms with E-state index < -0.39 is 4.92 Å². The van der Waals surface area contributed by atoms with E-state index in [1.54, 1.807) is 19.2 Å². The summed E-state index contributed by atoms with van der Waals surface area (Å²) in [4.78, 5) is 10.6. The van der Waals surface area contributed by atoms with Crippen LogP contribution in [-0.4, -0.2) is 26.8 Å². The molecule has 0 atom stereocenters. The quantitative estimate of drug-likeness (QED) is 0.362. The van der Waals surface area contributed by atoms with Gasteiger partial charge in [0.05, 0.1) is 12.0 Å². The summed E-state index contributed by atoms with van der Waals surface area (Å²) in [5.41, 5.74) is 3.70. The number of hydrogen-bond acceptors (Lipinski definition) is 5. The van der Waals surface area contributed by atoms with Gasteiger partial charge in [-0.25, -0.2) is 0 Å². The second-order valence-electron chi connectivity index (χ2n) is 6.55. The van der Waals surface area contributed by atoms with E-state index in [0.717, 1.165) is 28.1 Å². The van der Waals surface area contributed by atoms with Gasteiger partial charge in [-0.2, -0.15) is 0 Å². The number of rotatable bonds is 5. The van der Waals surface area contributed by atoms with E-state index in [1.165, 1.54) is 12.1 Å². The lowest BCUT2D eigenvalue weighted by Crippen LogP contribution is -2.00. The number of methoxy groups -OCH3 is 1. The first-order valence-electron chi connectivity index (χ1n) is 8.98. The number of ether oxygens (including phenoxy) is 1. The van der Waals surface area contributed by atoms with Gasteiger partial charge in [-0.1, -0.05) is 29.8 Å². The molecule has 7 heteroatoms. The van der Waals surface area contributed by atoms with Crippen LogP contribution >= 0.6 is 0 Å². The average Bonchev–Trinajstić information content (AvgIpc) is 3.19. The maximum absolute atomic E-state index is 11.0. The number of non-ortho nitro benzene ring substituents is 1. The summed E-state index contributed by atoms with van der Waals surface area (Å²) in [5.74, 6) is 2.03. The first-order valence-corrected chi connectivity index (χ1v) is 8.98. The van der Waals surface area contributed by atoms with Gasteiger partial charge in [0.1, 0.15) is 5.75 Å². The molecule has 0 amide bonds. The molecule has 0 aliphatic carbocycles. The van der Waals surface area contributed by atoms with Crippen molar-refractivity contribution in [3.8, 4) is 34.2 Å². The number of nitro benzene ring substituents is 1. The van der Waals surface area contributed by atoms with Crippen molar-refractivity contribution in [3.05, 3.63) is 88.5 Å². The van der Waals surface area contributed by atoms with Gasteiger partial charge < -0.3 is 4.74 Å². The third-order valence-electron chi connectivity index (χ3n) is 4.64. The first kappa shape index (κ1) is 18.4. The molecule has 0 saturated carbocycles. The van der Waals surface area contributed by atoms with Crippen LogP contribution < -0.4 is 4.74 Å². The minimum absolute atomic E-state index is 0.0306. The van der Waals surface area contributed by atoms with Crippen LogP contribution in [0.1, 0.15) is 5.56 Å². The fourth-order valence-electron chi connectivity index (χ4n) is 3.07. The fourth-order valence-corrected chi connectivity index (χ4v) is 3.07. The van der Waals surface area contributed by atoms with Crippen LogP contribution in [0.3, 0.4) is 0 Å². The normalized spacial score (nSPS) is 10.7. The van der Waals surface area contributed by atoms with Crippen molar-refractivity contribution >= 4 is 5.69 Å². The van der Waals surface area contributed by atoms with Crippen LogP contribution in [0.15, 0.2) is 72.8 Å². The zero-order valence-electron chi connectivity index (χ0n) is 15.9. The number of hydrogen-bond donors (Lipinski definition) is 0. The second-order valence-corrected chi connectivity index (χ2v) is 6.55. The minimum Gasteiger partial charge on any atom is -0.497 e. The third kappa shape index (κ3) is 3.58. The summed E-state index contributed by atoms with van der Waals surface area (Å²) >= 11 is 0. The Balaban J connectivity index is 1.88. The van der Waals surface area contributed by atoms with Gasteiger partial charge in [0, 0.05) is 28.9 Å².